The molecular formula is C13H17NO4S. The van der Waals surface area contributed by atoms with Crippen LogP contribution in [0, 0.1) is 0 Å². The van der Waals surface area contributed by atoms with Crippen LogP contribution < -0.4 is 5.32 Å². The molecule has 19 heavy (non-hydrogen) atoms. The number of aromatic carboxylic acids is 1. The minimum absolute atomic E-state index is 0.125. The van der Waals surface area contributed by atoms with Gasteiger partial charge in [0.15, 0.2) is 0 Å². The molecule has 104 valence electrons. The van der Waals surface area contributed by atoms with Gasteiger partial charge >= 0.3 is 5.97 Å². The fourth-order valence-corrected chi connectivity index (χ4v) is 2.32. The number of carbonyl (C=O) groups excluding carboxylic acids is 1. The highest BCUT2D eigenvalue weighted by Crippen LogP contribution is 2.09. The maximum atomic E-state index is 11.9. The quantitative estimate of drug-likeness (QED) is 0.875. The molecule has 0 fully saturated rings. The third-order valence-corrected chi connectivity index (χ3v) is 3.46. The largest absolute Gasteiger partial charge is 0.478 e. The van der Waals surface area contributed by atoms with Crippen molar-refractivity contribution in [3.8, 4) is 0 Å². The maximum absolute atomic E-state index is 11.9. The molecule has 0 aliphatic carbocycles. The number of hydrogen-bond acceptors (Lipinski definition) is 3. The first-order valence-electron chi connectivity index (χ1n) is 5.72. The fourth-order valence-electron chi connectivity index (χ4n) is 1.41. The SMILES string of the molecule is CC(C)(C)NC(=O)CS(=O)c1ccc(C(=O)O)cc1. The van der Waals surface area contributed by atoms with E-state index < -0.39 is 16.8 Å². The van der Waals surface area contributed by atoms with Crippen LogP contribution in [-0.2, 0) is 15.6 Å². The van der Waals surface area contributed by atoms with Crippen molar-refractivity contribution in [2.75, 3.05) is 5.75 Å². The van der Waals surface area contributed by atoms with E-state index >= 15 is 0 Å². The molecule has 1 rings (SSSR count). The first kappa shape index (κ1) is 15.4. The monoisotopic (exact) mass is 283 g/mol. The molecule has 1 amide bonds. The lowest BCUT2D eigenvalue weighted by molar-refractivity contribution is -0.119. The minimum Gasteiger partial charge on any atom is -0.478 e. The van der Waals surface area contributed by atoms with Crippen LogP contribution >= 0.6 is 0 Å². The summed E-state index contributed by atoms with van der Waals surface area (Å²) in [5, 5.41) is 11.5. The van der Waals surface area contributed by atoms with Gasteiger partial charge in [-0.05, 0) is 45.0 Å². The average Bonchev–Trinajstić information content (AvgIpc) is 2.26. The Morgan fingerprint density at radius 2 is 1.74 bits per heavy atom. The molecule has 0 saturated heterocycles. The summed E-state index contributed by atoms with van der Waals surface area (Å²) in [5.41, 5.74) is -0.242. The van der Waals surface area contributed by atoms with E-state index in [4.69, 9.17) is 5.11 Å². The van der Waals surface area contributed by atoms with Gasteiger partial charge in [0.2, 0.25) is 5.91 Å². The van der Waals surface area contributed by atoms with Crippen molar-refractivity contribution in [2.45, 2.75) is 31.2 Å². The van der Waals surface area contributed by atoms with E-state index in [0.717, 1.165) is 0 Å². The average molecular weight is 283 g/mol. The van der Waals surface area contributed by atoms with Gasteiger partial charge in [-0.25, -0.2) is 4.79 Å². The molecule has 5 nitrogen and oxygen atoms in total. The molecular weight excluding hydrogens is 266 g/mol. The lowest BCUT2D eigenvalue weighted by Gasteiger charge is -2.20. The molecule has 1 aromatic rings. The Bertz CT molecular complexity index is 502. The van der Waals surface area contributed by atoms with Gasteiger partial charge in [0.05, 0.1) is 16.4 Å². The van der Waals surface area contributed by atoms with Crippen molar-refractivity contribution >= 4 is 22.7 Å². The van der Waals surface area contributed by atoms with Crippen molar-refractivity contribution < 1.29 is 18.9 Å². The Morgan fingerprint density at radius 3 is 2.16 bits per heavy atom. The Kier molecular flexibility index (Phi) is 4.83. The summed E-state index contributed by atoms with van der Waals surface area (Å²) in [5.74, 6) is -1.47. The molecule has 6 heteroatoms. The fraction of sp³-hybridized carbons (Fsp3) is 0.385. The van der Waals surface area contributed by atoms with Gasteiger partial charge in [0.25, 0.3) is 0 Å². The van der Waals surface area contributed by atoms with Gasteiger partial charge in [-0.2, -0.15) is 0 Å². The van der Waals surface area contributed by atoms with E-state index in [0.29, 0.717) is 4.90 Å². The standard InChI is InChI=1S/C13H17NO4S/c1-13(2,3)14-11(15)8-19(18)10-6-4-9(5-7-10)12(16)17/h4-7H,8H2,1-3H3,(H,14,15)(H,16,17). The van der Waals surface area contributed by atoms with Crippen LogP contribution in [0.2, 0.25) is 0 Å². The summed E-state index contributed by atoms with van der Waals surface area (Å²) in [6, 6.07) is 5.67. The van der Waals surface area contributed by atoms with Crippen LogP contribution in [0.5, 0.6) is 0 Å². The van der Waals surface area contributed by atoms with Crippen molar-refractivity contribution in [2.24, 2.45) is 0 Å². The zero-order valence-corrected chi connectivity index (χ0v) is 11.9. The summed E-state index contributed by atoms with van der Waals surface area (Å²) < 4.78 is 11.9. The summed E-state index contributed by atoms with van der Waals surface area (Å²) in [4.78, 5) is 22.7. The predicted octanol–water partition coefficient (Wildman–Crippen LogP) is 1.41. The molecule has 0 bridgehead atoms. The van der Waals surface area contributed by atoms with Crippen LogP contribution in [0.25, 0.3) is 0 Å². The van der Waals surface area contributed by atoms with Crippen molar-refractivity contribution in [1.29, 1.82) is 0 Å². The third-order valence-electron chi connectivity index (χ3n) is 2.14. The molecule has 0 heterocycles. The Balaban J connectivity index is 2.68. The van der Waals surface area contributed by atoms with Crippen molar-refractivity contribution in [1.82, 2.24) is 5.32 Å². The number of nitrogens with one attached hydrogen (secondary N) is 1. The zero-order valence-electron chi connectivity index (χ0n) is 11.1. The van der Waals surface area contributed by atoms with Crippen LogP contribution in [0.15, 0.2) is 29.2 Å². The first-order chi connectivity index (χ1) is 8.69. The van der Waals surface area contributed by atoms with E-state index in [9.17, 15) is 13.8 Å². The van der Waals surface area contributed by atoms with Crippen molar-refractivity contribution in [3.05, 3.63) is 29.8 Å². The number of carboxylic acids is 1. The molecule has 2 N–H and O–H groups in total. The first-order valence-corrected chi connectivity index (χ1v) is 7.04. The number of carbonyl (C=O) groups is 2. The Labute approximate surface area is 114 Å². The molecule has 0 saturated carbocycles. The van der Waals surface area contributed by atoms with Crippen LogP contribution in [0.1, 0.15) is 31.1 Å². The molecule has 1 unspecified atom stereocenters. The molecule has 1 atom stereocenters. The number of rotatable bonds is 4. The highest BCUT2D eigenvalue weighted by molar-refractivity contribution is 7.85. The summed E-state index contributed by atoms with van der Waals surface area (Å²) >= 11 is 0. The van der Waals surface area contributed by atoms with Gasteiger partial charge < -0.3 is 10.4 Å². The lowest BCUT2D eigenvalue weighted by atomic mass is 10.1. The smallest absolute Gasteiger partial charge is 0.335 e. The van der Waals surface area contributed by atoms with E-state index in [1.807, 2.05) is 20.8 Å². The number of carboxylic acid groups (broad SMARTS) is 1. The van der Waals surface area contributed by atoms with Gasteiger partial charge in [-0.15, -0.1) is 0 Å². The van der Waals surface area contributed by atoms with Gasteiger partial charge in [0.1, 0.15) is 5.75 Å². The second kappa shape index (κ2) is 5.97. The van der Waals surface area contributed by atoms with Crippen LogP contribution in [0.4, 0.5) is 0 Å². The topological polar surface area (TPSA) is 83.5 Å². The number of benzene rings is 1. The highest BCUT2D eigenvalue weighted by Gasteiger charge is 2.16. The Morgan fingerprint density at radius 1 is 1.21 bits per heavy atom. The lowest BCUT2D eigenvalue weighted by Crippen LogP contribution is -2.42. The van der Waals surface area contributed by atoms with Gasteiger partial charge in [-0.1, -0.05) is 0 Å². The van der Waals surface area contributed by atoms with E-state index in [1.54, 1.807) is 0 Å². The summed E-state index contributed by atoms with van der Waals surface area (Å²) in [7, 11) is -1.47. The zero-order chi connectivity index (χ0) is 14.6. The van der Waals surface area contributed by atoms with Crippen molar-refractivity contribution in [3.63, 3.8) is 0 Å². The number of hydrogen-bond donors (Lipinski definition) is 2. The summed E-state index contributed by atoms with van der Waals surface area (Å²) in [6.45, 7) is 5.53. The molecule has 1 aromatic carbocycles. The molecule has 0 aromatic heterocycles. The highest BCUT2D eigenvalue weighted by atomic mass is 32.2. The molecule has 0 aliphatic heterocycles. The minimum atomic E-state index is -1.47. The molecule has 0 aliphatic rings. The molecule has 0 spiro atoms. The van der Waals surface area contributed by atoms with E-state index in [1.165, 1.54) is 24.3 Å². The van der Waals surface area contributed by atoms with Crippen LogP contribution in [-0.4, -0.2) is 32.5 Å². The van der Waals surface area contributed by atoms with Crippen LogP contribution in [0.3, 0.4) is 0 Å². The van der Waals surface area contributed by atoms with Gasteiger partial charge in [-0.3, -0.25) is 9.00 Å². The Hall–Kier alpha value is -1.69. The maximum Gasteiger partial charge on any atom is 0.335 e. The third kappa shape index (κ3) is 5.21. The normalized spacial score (nSPS) is 12.8. The second-order valence-corrected chi connectivity index (χ2v) is 6.57. The van der Waals surface area contributed by atoms with Gasteiger partial charge in [0, 0.05) is 10.4 Å². The number of amides is 1. The van der Waals surface area contributed by atoms with E-state index in [2.05, 4.69) is 5.32 Å². The molecule has 0 radical (unpaired) electrons. The predicted molar refractivity (Wildman–Crippen MR) is 72.6 cm³/mol. The second-order valence-electron chi connectivity index (χ2n) is 5.12. The van der Waals surface area contributed by atoms with E-state index in [-0.39, 0.29) is 22.8 Å². The summed E-state index contributed by atoms with van der Waals surface area (Å²) in [6.07, 6.45) is 0.